The quantitative estimate of drug-likeness (QED) is 0.336. The van der Waals surface area contributed by atoms with E-state index in [4.69, 9.17) is 9.47 Å². The van der Waals surface area contributed by atoms with Crippen molar-refractivity contribution in [3.05, 3.63) is 95.6 Å². The summed E-state index contributed by atoms with van der Waals surface area (Å²) in [6.07, 6.45) is 2.42. The number of carbonyl (C=O) groups excluding carboxylic acids is 2. The second-order valence-corrected chi connectivity index (χ2v) is 12.0. The van der Waals surface area contributed by atoms with Gasteiger partial charge in [-0.25, -0.2) is 0 Å². The minimum atomic E-state index is -0.437. The van der Waals surface area contributed by atoms with Gasteiger partial charge in [-0.3, -0.25) is 14.5 Å². The summed E-state index contributed by atoms with van der Waals surface area (Å²) in [4.78, 5) is 31.2. The number of anilines is 1. The molecule has 8 nitrogen and oxygen atoms in total. The number of fused-ring (bicyclic) bond motifs is 1. The van der Waals surface area contributed by atoms with Crippen LogP contribution in [0.25, 0.3) is 0 Å². The van der Waals surface area contributed by atoms with Crippen LogP contribution in [-0.2, 0) is 11.3 Å². The maximum Gasteiger partial charge on any atom is 0.258 e. The minimum absolute atomic E-state index is 0.0154. The summed E-state index contributed by atoms with van der Waals surface area (Å²) >= 11 is 0. The van der Waals surface area contributed by atoms with Crippen LogP contribution in [0.15, 0.2) is 78.9 Å². The number of ether oxygens (including phenoxy) is 2. The summed E-state index contributed by atoms with van der Waals surface area (Å²) in [5.41, 5.74) is 2.61. The predicted octanol–water partition coefficient (Wildman–Crippen LogP) is 5.87. The normalized spacial score (nSPS) is 20.7. The van der Waals surface area contributed by atoms with E-state index in [-0.39, 0.29) is 36.5 Å². The van der Waals surface area contributed by atoms with E-state index in [0.29, 0.717) is 42.3 Å². The topological polar surface area (TPSA) is 91.3 Å². The number of nitrogens with one attached hydrogen (secondary N) is 1. The number of rotatable bonds is 8. The van der Waals surface area contributed by atoms with Gasteiger partial charge in [0, 0.05) is 43.4 Å². The van der Waals surface area contributed by atoms with Crippen LogP contribution in [0.1, 0.15) is 66.3 Å². The van der Waals surface area contributed by atoms with Crippen LogP contribution in [0.4, 0.5) is 5.69 Å². The van der Waals surface area contributed by atoms with Crippen molar-refractivity contribution in [2.45, 2.75) is 64.8 Å². The van der Waals surface area contributed by atoms with Gasteiger partial charge in [0.05, 0.1) is 30.4 Å². The van der Waals surface area contributed by atoms with Gasteiger partial charge < -0.3 is 24.8 Å². The van der Waals surface area contributed by atoms with Crippen molar-refractivity contribution in [2.24, 2.45) is 5.92 Å². The molecule has 1 aliphatic rings. The van der Waals surface area contributed by atoms with Gasteiger partial charge in [0.25, 0.3) is 11.8 Å². The summed E-state index contributed by atoms with van der Waals surface area (Å²) in [7, 11) is 2.09. The van der Waals surface area contributed by atoms with E-state index >= 15 is 0 Å². The minimum Gasteiger partial charge on any atom is -0.490 e. The Bertz CT molecular complexity index is 1340. The van der Waals surface area contributed by atoms with Gasteiger partial charge in [-0.05, 0) is 76.1 Å². The second kappa shape index (κ2) is 16.4. The molecule has 0 aliphatic carbocycles. The van der Waals surface area contributed by atoms with Crippen molar-refractivity contribution >= 4 is 17.5 Å². The molecule has 0 bridgehead atoms. The van der Waals surface area contributed by atoms with Crippen molar-refractivity contribution in [2.75, 3.05) is 38.7 Å². The molecule has 0 aromatic heterocycles. The Labute approximate surface area is 262 Å². The molecule has 3 aromatic rings. The second-order valence-electron chi connectivity index (χ2n) is 12.0. The molecule has 8 heteroatoms. The average molecular weight is 602 g/mol. The van der Waals surface area contributed by atoms with Crippen molar-refractivity contribution in [3.8, 4) is 5.75 Å². The van der Waals surface area contributed by atoms with Crippen LogP contribution in [0.3, 0.4) is 0 Å². The van der Waals surface area contributed by atoms with Crippen LogP contribution in [0.5, 0.6) is 5.75 Å². The van der Waals surface area contributed by atoms with Crippen LogP contribution < -0.4 is 10.1 Å². The summed E-state index contributed by atoms with van der Waals surface area (Å²) in [6.45, 7) is 8.28. The molecule has 3 aromatic carbocycles. The molecule has 0 radical (unpaired) electrons. The van der Waals surface area contributed by atoms with Gasteiger partial charge >= 0.3 is 0 Å². The Hall–Kier alpha value is -3.72. The highest BCUT2D eigenvalue weighted by molar-refractivity contribution is 6.05. The number of hydrogen-bond acceptors (Lipinski definition) is 6. The highest BCUT2D eigenvalue weighted by Crippen LogP contribution is 2.29. The van der Waals surface area contributed by atoms with Gasteiger partial charge in [0.15, 0.2) is 0 Å². The first kappa shape index (κ1) is 33.2. The molecule has 44 heavy (non-hydrogen) atoms. The number of likely N-dealkylation sites (N-methyl/N-ethyl adjacent to an activating group) is 1. The number of aliphatic hydroxyl groups is 1. The van der Waals surface area contributed by atoms with Crippen molar-refractivity contribution in [3.63, 3.8) is 0 Å². The number of hydrogen-bond donors (Lipinski definition) is 2. The Morgan fingerprint density at radius 3 is 2.45 bits per heavy atom. The number of carbonyl (C=O) groups is 2. The molecule has 1 heterocycles. The first-order valence-corrected chi connectivity index (χ1v) is 15.7. The van der Waals surface area contributed by atoms with Crippen LogP contribution >= 0.6 is 0 Å². The Morgan fingerprint density at radius 1 is 1.05 bits per heavy atom. The molecule has 1 aliphatic heterocycles. The lowest BCUT2D eigenvalue weighted by Gasteiger charge is -2.36. The first-order chi connectivity index (χ1) is 21.2. The van der Waals surface area contributed by atoms with Gasteiger partial charge in [0.1, 0.15) is 5.75 Å². The average Bonchev–Trinajstić information content (AvgIpc) is 3.03. The van der Waals surface area contributed by atoms with Crippen molar-refractivity contribution < 1.29 is 24.2 Å². The third-order valence-electron chi connectivity index (χ3n) is 8.13. The fraction of sp³-hybridized carbons (Fsp3) is 0.444. The lowest BCUT2D eigenvalue weighted by Crippen LogP contribution is -2.47. The molecule has 0 spiro atoms. The zero-order chi connectivity index (χ0) is 31.5. The third kappa shape index (κ3) is 9.39. The molecule has 2 amide bonds. The van der Waals surface area contributed by atoms with Gasteiger partial charge in [-0.2, -0.15) is 0 Å². The van der Waals surface area contributed by atoms with E-state index < -0.39 is 6.04 Å². The van der Waals surface area contributed by atoms with E-state index in [2.05, 4.69) is 36.3 Å². The monoisotopic (exact) mass is 601 g/mol. The maximum absolute atomic E-state index is 14.3. The van der Waals surface area contributed by atoms with E-state index in [0.717, 1.165) is 25.8 Å². The molecule has 0 fully saturated rings. The molecule has 236 valence electrons. The molecule has 4 atom stereocenters. The Balaban J connectivity index is 1.61. The number of amides is 2. The standard InChI is InChI=1S/C36H47N3O5/c1-26-22-39(27(2)25-40)36(42)32-21-31(37-35(41)30-16-9-6-10-17-30)18-19-33(32)44-28(3)13-11-12-20-43-34(26)24-38(4)23-29-14-7-5-8-15-29/h5-10,14-19,21,26-28,34,40H,11-13,20,22-25H2,1-4H3,(H,37,41)/t26-,27+,28-,34+/m1/s1. The summed E-state index contributed by atoms with van der Waals surface area (Å²) in [6, 6.07) is 24.1. The predicted molar refractivity (Wildman–Crippen MR) is 174 cm³/mol. The number of nitrogens with zero attached hydrogens (tertiary/aromatic N) is 2. The molecular weight excluding hydrogens is 554 g/mol. The fourth-order valence-corrected chi connectivity index (χ4v) is 5.52. The molecule has 0 saturated carbocycles. The highest BCUT2D eigenvalue weighted by Gasteiger charge is 2.30. The van der Waals surface area contributed by atoms with E-state index in [1.807, 2.05) is 50.2 Å². The first-order valence-electron chi connectivity index (χ1n) is 15.7. The van der Waals surface area contributed by atoms with Crippen LogP contribution in [0, 0.1) is 5.92 Å². The van der Waals surface area contributed by atoms with Crippen molar-refractivity contribution in [1.29, 1.82) is 0 Å². The van der Waals surface area contributed by atoms with Crippen LogP contribution in [0.2, 0.25) is 0 Å². The number of benzene rings is 3. The largest absolute Gasteiger partial charge is 0.490 e. The fourth-order valence-electron chi connectivity index (χ4n) is 5.52. The number of aliphatic hydroxyl groups excluding tert-OH is 1. The lowest BCUT2D eigenvalue weighted by atomic mass is 10.0. The SMILES string of the molecule is C[C@@H]1CCCCO[C@@H](CN(C)Cc2ccccc2)[C@H](C)CN([C@@H](C)CO)C(=O)c2cc(NC(=O)c3ccccc3)ccc2O1. The third-order valence-corrected chi connectivity index (χ3v) is 8.13. The Kier molecular flexibility index (Phi) is 12.4. The molecule has 2 N–H and O–H groups in total. The summed E-state index contributed by atoms with van der Waals surface area (Å²) < 4.78 is 12.8. The van der Waals surface area contributed by atoms with E-state index in [9.17, 15) is 14.7 Å². The molecule has 4 rings (SSSR count). The maximum atomic E-state index is 14.3. The van der Waals surface area contributed by atoms with E-state index in [1.165, 1.54) is 5.56 Å². The zero-order valence-corrected chi connectivity index (χ0v) is 26.4. The van der Waals surface area contributed by atoms with Gasteiger partial charge in [-0.1, -0.05) is 55.5 Å². The molecular formula is C36H47N3O5. The van der Waals surface area contributed by atoms with Gasteiger partial charge in [0.2, 0.25) is 0 Å². The van der Waals surface area contributed by atoms with E-state index in [1.54, 1.807) is 35.2 Å². The lowest BCUT2D eigenvalue weighted by molar-refractivity contribution is -0.0177. The van der Waals surface area contributed by atoms with Crippen LogP contribution in [-0.4, -0.2) is 78.3 Å². The highest BCUT2D eigenvalue weighted by atomic mass is 16.5. The van der Waals surface area contributed by atoms with Crippen molar-refractivity contribution in [1.82, 2.24) is 9.80 Å². The summed E-state index contributed by atoms with van der Waals surface area (Å²) in [5, 5.41) is 13.1. The summed E-state index contributed by atoms with van der Waals surface area (Å²) in [5.74, 6) is -0.0688. The van der Waals surface area contributed by atoms with Gasteiger partial charge in [-0.15, -0.1) is 0 Å². The molecule has 0 unspecified atom stereocenters. The zero-order valence-electron chi connectivity index (χ0n) is 26.4. The molecule has 0 saturated heterocycles. The smallest absolute Gasteiger partial charge is 0.258 e. The Morgan fingerprint density at radius 2 is 1.75 bits per heavy atom.